The molecule has 1 heterocycles. The van der Waals surface area contributed by atoms with Crippen LogP contribution in [-0.2, 0) is 14.3 Å². The fourth-order valence-corrected chi connectivity index (χ4v) is 1.97. The number of benzene rings is 1. The van der Waals surface area contributed by atoms with Crippen molar-refractivity contribution in [2.75, 3.05) is 26.3 Å². The van der Waals surface area contributed by atoms with E-state index in [9.17, 15) is 14.4 Å². The zero-order valence-corrected chi connectivity index (χ0v) is 12.8. The first-order valence-electron chi connectivity index (χ1n) is 7.26. The Hall–Kier alpha value is -2.83. The second-order valence-electron chi connectivity index (χ2n) is 4.72. The predicted octanol–water partition coefficient (Wildman–Crippen LogP) is 1.19. The molecule has 1 aromatic carbocycles. The molecule has 3 amide bonds. The first kappa shape index (κ1) is 16.5. The number of ether oxygens (including phenoxy) is 2. The molecule has 0 radical (unpaired) electrons. The molecule has 0 unspecified atom stereocenters. The molecule has 0 atom stereocenters. The van der Waals surface area contributed by atoms with Gasteiger partial charge in [-0.05, 0) is 30.7 Å². The van der Waals surface area contributed by atoms with Crippen LogP contribution in [0.1, 0.15) is 12.5 Å². The van der Waals surface area contributed by atoms with E-state index in [1.165, 1.54) is 6.08 Å². The Bertz CT molecular complexity index is 609. The van der Waals surface area contributed by atoms with Gasteiger partial charge in [0.2, 0.25) is 0 Å². The van der Waals surface area contributed by atoms with Crippen LogP contribution in [0, 0.1) is 0 Å². The van der Waals surface area contributed by atoms with Crippen molar-refractivity contribution in [2.45, 2.75) is 6.92 Å². The molecule has 0 aliphatic carbocycles. The summed E-state index contributed by atoms with van der Waals surface area (Å²) in [6.45, 7) is 2.73. The van der Waals surface area contributed by atoms with E-state index in [0.29, 0.717) is 13.2 Å². The van der Waals surface area contributed by atoms with Gasteiger partial charge in [0.25, 0.3) is 5.91 Å². The fourth-order valence-electron chi connectivity index (χ4n) is 1.97. The molecule has 0 aromatic heterocycles. The van der Waals surface area contributed by atoms with Gasteiger partial charge in [-0.15, -0.1) is 0 Å². The summed E-state index contributed by atoms with van der Waals surface area (Å²) < 4.78 is 10.1. The monoisotopic (exact) mass is 318 g/mol. The Kier molecular flexibility index (Phi) is 5.74. The molecule has 1 saturated heterocycles. The first-order valence-corrected chi connectivity index (χ1v) is 7.26. The minimum Gasteiger partial charge on any atom is -0.494 e. The number of amides is 3. The lowest BCUT2D eigenvalue weighted by Gasteiger charge is -2.11. The summed E-state index contributed by atoms with van der Waals surface area (Å²) in [6, 6.07) is 6.73. The van der Waals surface area contributed by atoms with Gasteiger partial charge in [-0.3, -0.25) is 9.69 Å². The Morgan fingerprint density at radius 2 is 2.04 bits per heavy atom. The maximum atomic E-state index is 11.7. The summed E-state index contributed by atoms with van der Waals surface area (Å²) in [5.74, 6) is -0.434. The second kappa shape index (κ2) is 7.98. The van der Waals surface area contributed by atoms with Crippen molar-refractivity contribution in [3.05, 3.63) is 35.9 Å². The van der Waals surface area contributed by atoms with Gasteiger partial charge < -0.3 is 14.8 Å². The van der Waals surface area contributed by atoms with Gasteiger partial charge in [0, 0.05) is 19.2 Å². The largest absolute Gasteiger partial charge is 0.494 e. The number of urea groups is 1. The zero-order chi connectivity index (χ0) is 16.7. The molecule has 0 saturated carbocycles. The Morgan fingerprint density at radius 1 is 1.30 bits per heavy atom. The molecular formula is C16H18N2O5. The summed E-state index contributed by atoms with van der Waals surface area (Å²) in [4.78, 5) is 35.6. The van der Waals surface area contributed by atoms with Gasteiger partial charge in [-0.1, -0.05) is 12.1 Å². The summed E-state index contributed by atoms with van der Waals surface area (Å²) in [5.41, 5.74) is 0.802. The highest BCUT2D eigenvalue weighted by Gasteiger charge is 2.26. The minimum atomic E-state index is -0.646. The molecule has 0 spiro atoms. The van der Waals surface area contributed by atoms with Crippen molar-refractivity contribution in [3.8, 4) is 5.75 Å². The van der Waals surface area contributed by atoms with Crippen molar-refractivity contribution in [3.63, 3.8) is 0 Å². The molecule has 1 aromatic rings. The lowest BCUT2D eigenvalue weighted by molar-refractivity contribution is -0.146. The second-order valence-corrected chi connectivity index (χ2v) is 4.72. The third-order valence-electron chi connectivity index (χ3n) is 3.10. The highest BCUT2D eigenvalue weighted by atomic mass is 16.5. The topological polar surface area (TPSA) is 84.9 Å². The van der Waals surface area contributed by atoms with Crippen molar-refractivity contribution in [2.24, 2.45) is 0 Å². The maximum Gasteiger partial charge on any atom is 0.331 e. The first-order chi connectivity index (χ1) is 11.1. The zero-order valence-electron chi connectivity index (χ0n) is 12.8. The van der Waals surface area contributed by atoms with Crippen molar-refractivity contribution in [1.82, 2.24) is 10.2 Å². The number of rotatable bonds is 6. The molecule has 0 bridgehead atoms. The van der Waals surface area contributed by atoms with Gasteiger partial charge in [0.1, 0.15) is 5.75 Å². The van der Waals surface area contributed by atoms with Crippen molar-refractivity contribution >= 4 is 24.0 Å². The number of carbonyl (C=O) groups is 3. The van der Waals surface area contributed by atoms with E-state index in [0.717, 1.165) is 16.2 Å². The average molecular weight is 318 g/mol. The summed E-state index contributed by atoms with van der Waals surface area (Å²) in [7, 11) is 0. The van der Waals surface area contributed by atoms with Gasteiger partial charge in [-0.25, -0.2) is 9.59 Å². The van der Waals surface area contributed by atoms with E-state index in [4.69, 9.17) is 9.47 Å². The van der Waals surface area contributed by atoms with Crippen LogP contribution in [0.25, 0.3) is 6.08 Å². The quantitative estimate of drug-likeness (QED) is 0.629. The summed E-state index contributed by atoms with van der Waals surface area (Å²) in [6.07, 6.45) is 2.80. The number of hydrogen-bond donors (Lipinski definition) is 1. The van der Waals surface area contributed by atoms with Gasteiger partial charge in [-0.2, -0.15) is 0 Å². The molecule has 122 valence electrons. The molecule has 1 N–H and O–H groups in total. The lowest BCUT2D eigenvalue weighted by atomic mass is 10.2. The lowest BCUT2D eigenvalue weighted by Crippen LogP contribution is -2.37. The van der Waals surface area contributed by atoms with E-state index in [2.05, 4.69) is 5.32 Å². The number of nitrogens with one attached hydrogen (secondary N) is 1. The number of esters is 1. The van der Waals surface area contributed by atoms with Crippen LogP contribution in [0.15, 0.2) is 30.3 Å². The normalized spacial score (nSPS) is 14.0. The van der Waals surface area contributed by atoms with Crippen LogP contribution < -0.4 is 10.1 Å². The highest BCUT2D eigenvalue weighted by molar-refractivity contribution is 5.97. The molecule has 7 nitrogen and oxygen atoms in total. The Morgan fingerprint density at radius 3 is 2.65 bits per heavy atom. The number of carbonyl (C=O) groups excluding carboxylic acids is 3. The Labute approximate surface area is 133 Å². The summed E-state index contributed by atoms with van der Waals surface area (Å²) in [5, 5.41) is 2.50. The third kappa shape index (κ3) is 4.84. The maximum absolute atomic E-state index is 11.7. The fraction of sp³-hybridized carbons (Fsp3) is 0.312. The van der Waals surface area contributed by atoms with Crippen LogP contribution in [0.2, 0.25) is 0 Å². The predicted molar refractivity (Wildman–Crippen MR) is 82.7 cm³/mol. The van der Waals surface area contributed by atoms with Crippen LogP contribution in [0.3, 0.4) is 0 Å². The molecule has 7 heteroatoms. The Balaban J connectivity index is 1.79. The standard InChI is InChI=1S/C16H18N2O5/c1-2-22-13-6-3-12(4-7-13)5-8-15(20)23-11-14(19)18-10-9-17-16(18)21/h3-8H,2,9-11H2,1H3,(H,17,21)/b8-5+. The van der Waals surface area contributed by atoms with Crippen LogP contribution in [0.5, 0.6) is 5.75 Å². The molecule has 1 aliphatic heterocycles. The SMILES string of the molecule is CCOc1ccc(/C=C/C(=O)OCC(=O)N2CCNC2=O)cc1. The molecular weight excluding hydrogens is 300 g/mol. The van der Waals surface area contributed by atoms with Crippen LogP contribution in [-0.4, -0.2) is 49.1 Å². The average Bonchev–Trinajstić information content (AvgIpc) is 2.98. The smallest absolute Gasteiger partial charge is 0.331 e. The molecule has 1 fully saturated rings. The number of hydrogen-bond acceptors (Lipinski definition) is 5. The third-order valence-corrected chi connectivity index (χ3v) is 3.10. The van der Waals surface area contributed by atoms with Crippen LogP contribution in [0.4, 0.5) is 4.79 Å². The molecule has 2 rings (SSSR count). The number of nitrogens with zero attached hydrogens (tertiary/aromatic N) is 1. The van der Waals surface area contributed by atoms with E-state index in [1.807, 2.05) is 6.92 Å². The van der Waals surface area contributed by atoms with Gasteiger partial charge in [0.05, 0.1) is 6.61 Å². The molecule has 23 heavy (non-hydrogen) atoms. The van der Waals surface area contributed by atoms with Crippen molar-refractivity contribution in [1.29, 1.82) is 0 Å². The van der Waals surface area contributed by atoms with E-state index in [1.54, 1.807) is 30.3 Å². The van der Waals surface area contributed by atoms with E-state index < -0.39 is 24.5 Å². The highest BCUT2D eigenvalue weighted by Crippen LogP contribution is 2.13. The summed E-state index contributed by atoms with van der Waals surface area (Å²) >= 11 is 0. The van der Waals surface area contributed by atoms with Crippen LogP contribution >= 0.6 is 0 Å². The van der Waals surface area contributed by atoms with Gasteiger partial charge in [0.15, 0.2) is 6.61 Å². The van der Waals surface area contributed by atoms with Crippen molar-refractivity contribution < 1.29 is 23.9 Å². The van der Waals surface area contributed by atoms with E-state index >= 15 is 0 Å². The van der Waals surface area contributed by atoms with E-state index in [-0.39, 0.29) is 6.54 Å². The minimum absolute atomic E-state index is 0.289. The van der Waals surface area contributed by atoms with Gasteiger partial charge >= 0.3 is 12.0 Å². The molecule has 1 aliphatic rings. The number of imide groups is 1.